The predicted molar refractivity (Wildman–Crippen MR) is 182 cm³/mol. The van der Waals surface area contributed by atoms with Gasteiger partial charge in [0.1, 0.15) is 39.4 Å². The molecule has 1 aliphatic rings. The summed E-state index contributed by atoms with van der Waals surface area (Å²) in [5.74, 6) is 0. The Kier molecular flexibility index (Phi) is 21.8. The number of rotatable bonds is 6. The Bertz CT molecular complexity index is 278. The van der Waals surface area contributed by atoms with Crippen LogP contribution in [-0.2, 0) is 0 Å². The van der Waals surface area contributed by atoms with Gasteiger partial charge in [0.15, 0.2) is 19.7 Å². The third-order valence-corrected chi connectivity index (χ3v) is 27.1. The van der Waals surface area contributed by atoms with Gasteiger partial charge in [0.2, 0.25) is 0 Å². The van der Waals surface area contributed by atoms with E-state index in [1.165, 1.54) is 111 Å². The zero-order valence-corrected chi connectivity index (χ0v) is 47.0. The molecule has 0 amide bonds. The van der Waals surface area contributed by atoms with Crippen LogP contribution in [0.1, 0.15) is 0 Å². The smallest absolute Gasteiger partial charge is 0.153 e. The molecule has 160 valence electrons. The highest BCUT2D eigenvalue weighted by molar-refractivity contribution is 6.72. The van der Waals surface area contributed by atoms with Gasteiger partial charge in [-0.25, -0.2) is 0 Å². The Balaban J connectivity index is 0. The third kappa shape index (κ3) is 19.3. The zero-order valence-electron chi connectivity index (χ0n) is 18.5. The van der Waals surface area contributed by atoms with Gasteiger partial charge in [-0.15, -0.1) is 0 Å². The third-order valence-electron chi connectivity index (χ3n) is 3.46. The molecule has 0 N–H and O–H groups in total. The van der Waals surface area contributed by atoms with Crippen LogP contribution in [0.25, 0.3) is 0 Å². The van der Waals surface area contributed by atoms with E-state index in [1.807, 2.05) is 0 Å². The first kappa shape index (κ1) is 31.6. The molecule has 8 nitrogen and oxygen atoms in total. The lowest BCUT2D eigenvalue weighted by atomic mass is 11.3. The molecule has 1 heterocycles. The van der Waals surface area contributed by atoms with Crippen LogP contribution in [0.3, 0.4) is 0 Å². The van der Waals surface area contributed by atoms with Crippen molar-refractivity contribution in [1.29, 1.82) is 0 Å². The van der Waals surface area contributed by atoms with Crippen molar-refractivity contribution in [2.45, 2.75) is 0 Å². The average molecular weight is 650 g/mol. The molecule has 26 heavy (non-hydrogen) atoms. The summed E-state index contributed by atoms with van der Waals surface area (Å²) in [4.78, 5) is 0. The molecule has 0 atom stereocenters. The van der Waals surface area contributed by atoms with Crippen molar-refractivity contribution in [3.8, 4) is 0 Å². The summed E-state index contributed by atoms with van der Waals surface area (Å²) < 4.78 is 22.3. The lowest BCUT2D eigenvalue weighted by Crippen LogP contribution is -2.57. The van der Waals surface area contributed by atoms with E-state index in [0.29, 0.717) is 0 Å². The molecule has 1 aliphatic heterocycles. The van der Waals surface area contributed by atoms with Crippen molar-refractivity contribution < 1.29 is 0 Å². The Hall–Kier alpha value is 3.37. The molecular formula is CH48N8Si17. The number of hydrogen-bond donors (Lipinski definition) is 0. The van der Waals surface area contributed by atoms with Crippen molar-refractivity contribution in [3.05, 3.63) is 0 Å². The Labute approximate surface area is 211 Å². The second kappa shape index (κ2) is 18.0. The summed E-state index contributed by atoms with van der Waals surface area (Å²) in [6.07, 6.45) is 0. The van der Waals surface area contributed by atoms with Gasteiger partial charge < -0.3 is 31.8 Å². The first-order valence-electron chi connectivity index (χ1n) is 8.90. The van der Waals surface area contributed by atoms with Crippen molar-refractivity contribution in [2.24, 2.45) is 0 Å². The maximum atomic E-state index is 2.87. The largest absolute Gasteiger partial charge is 0.377 e. The zero-order chi connectivity index (χ0) is 19.6. The Morgan fingerprint density at radius 1 is 0.615 bits per heavy atom. The van der Waals surface area contributed by atoms with Crippen LogP contribution in [0.4, 0.5) is 0 Å². The minimum atomic E-state index is 0. The number of hydrogen-bond acceptors (Lipinski definition) is 8. The van der Waals surface area contributed by atoms with Crippen LogP contribution in [0, 0.1) is 0 Å². The monoisotopic (exact) mass is 648 g/mol. The van der Waals surface area contributed by atoms with E-state index in [9.17, 15) is 0 Å². The fourth-order valence-electron chi connectivity index (χ4n) is 3.29. The van der Waals surface area contributed by atoms with E-state index in [0.717, 1.165) is 0 Å². The highest BCUT2D eigenvalue weighted by atomic mass is 28.4. The average Bonchev–Trinajstić information content (AvgIpc) is 2.33. The quantitative estimate of drug-likeness (QED) is 0.262. The summed E-state index contributed by atoms with van der Waals surface area (Å²) >= 11 is 0. The molecule has 0 saturated carbocycles. The molecule has 0 aromatic carbocycles. The summed E-state index contributed by atoms with van der Waals surface area (Å²) in [6, 6.07) is 0. The highest BCUT2D eigenvalue weighted by Gasteiger charge is 2.14. The normalized spacial score (nSPS) is 24.0. The number of nitrogens with zero attached hydrogens (tertiary/aromatic N) is 8. The molecule has 1 saturated heterocycles. The van der Waals surface area contributed by atoms with Crippen LogP contribution >= 0.6 is 0 Å². The Morgan fingerprint density at radius 2 is 0.962 bits per heavy atom. The molecule has 1 rings (SSSR count). The molecule has 0 unspecified atom stereocenters. The minimum Gasteiger partial charge on any atom is -0.377 e. The topological polar surface area (TPSA) is 25.9 Å². The molecule has 0 aliphatic carbocycles. The molecule has 0 spiro atoms. The van der Waals surface area contributed by atoms with E-state index in [1.54, 1.807) is 0 Å². The summed E-state index contributed by atoms with van der Waals surface area (Å²) in [6.45, 7) is 1.35. The van der Waals surface area contributed by atoms with Crippen LogP contribution in [0.5, 0.6) is 0 Å². The maximum absolute atomic E-state index is 2.87. The summed E-state index contributed by atoms with van der Waals surface area (Å²) in [5, 5.41) is 0. The molecule has 0 aromatic heterocycles. The van der Waals surface area contributed by atoms with Crippen LogP contribution in [0.15, 0.2) is 0 Å². The van der Waals surface area contributed by atoms with E-state index in [2.05, 4.69) is 31.8 Å². The SMILES string of the molecule is [SiH3]N([SiH3])[SiH2]N([SiH3])[SiH2]N([SiH3])[SiH2]N([SiH3])[SiH3].[SiH3]N1CN([SiH3])[SiH2]N([SiH3])[SiH2]N([SiH3])[SiH2]1.[SiH4]. The first-order chi connectivity index (χ1) is 11.5. The standard InChI is InChI=1S/CH20N4Si7.H24N4Si9.H4Si/c6-2-1-3(7)11-5(9)12-4(8)10-2;5-1(6)11-3(9)13-4(10)12-2(7)8;/h1,10-12H2,6-9H3;11-13H2,5-10H3;1H4. The fraction of sp³-hybridized carbons (Fsp3) is 1.00. The van der Waals surface area contributed by atoms with Crippen LogP contribution in [0.2, 0.25) is 0 Å². The van der Waals surface area contributed by atoms with Crippen molar-refractivity contribution in [3.63, 3.8) is 0 Å². The maximum Gasteiger partial charge on any atom is 0.153 e. The molecule has 0 aromatic rings. The van der Waals surface area contributed by atoms with Gasteiger partial charge in [-0.1, -0.05) is 0 Å². The first-order valence-corrected chi connectivity index (χ1v) is 25.4. The molecular weight excluding hydrogens is 602 g/mol. The van der Waals surface area contributed by atoms with E-state index in [-0.39, 0.29) is 70.0 Å². The lowest BCUT2D eigenvalue weighted by Gasteiger charge is -2.37. The Morgan fingerprint density at radius 3 is 1.27 bits per heavy atom. The van der Waals surface area contributed by atoms with E-state index < -0.39 is 0 Å². The molecule has 25 heteroatoms. The van der Waals surface area contributed by atoms with Gasteiger partial charge >= 0.3 is 0 Å². The van der Waals surface area contributed by atoms with Gasteiger partial charge in [0, 0.05) is 6.67 Å². The van der Waals surface area contributed by atoms with Gasteiger partial charge in [0.25, 0.3) is 0 Å². The molecule has 1 fully saturated rings. The van der Waals surface area contributed by atoms with E-state index in [4.69, 9.17) is 0 Å². The van der Waals surface area contributed by atoms with E-state index >= 15 is 0 Å². The summed E-state index contributed by atoms with van der Waals surface area (Å²) in [7, 11) is 13.9. The van der Waals surface area contributed by atoms with Crippen LogP contribution < -0.4 is 0 Å². The van der Waals surface area contributed by atoms with Gasteiger partial charge in [-0.2, -0.15) is 0 Å². The van der Waals surface area contributed by atoms with Crippen molar-refractivity contribution in [1.82, 2.24) is 31.8 Å². The molecule has 0 bridgehead atoms. The van der Waals surface area contributed by atoms with Crippen LogP contribution in [-0.4, -0.2) is 213 Å². The second-order valence-corrected chi connectivity index (χ2v) is 61.9. The summed E-state index contributed by atoms with van der Waals surface area (Å²) in [5.41, 5.74) is 0. The van der Waals surface area contributed by atoms with Gasteiger partial charge in [-0.3, -0.25) is 0 Å². The van der Waals surface area contributed by atoms with Gasteiger partial charge in [0.05, 0.1) is 104 Å². The van der Waals surface area contributed by atoms with Crippen molar-refractivity contribution >= 4 is 174 Å². The van der Waals surface area contributed by atoms with Gasteiger partial charge in [-0.05, 0) is 11.0 Å². The lowest BCUT2D eigenvalue weighted by molar-refractivity contribution is 0.506. The fourth-order valence-corrected chi connectivity index (χ4v) is 70.0. The van der Waals surface area contributed by atoms with Crippen molar-refractivity contribution in [2.75, 3.05) is 6.67 Å². The minimum absolute atomic E-state index is 0. The second-order valence-electron chi connectivity index (χ2n) is 8.29. The molecule has 0 radical (unpaired) electrons. The highest BCUT2D eigenvalue weighted by Crippen LogP contribution is 1.91. The predicted octanol–water partition coefficient (Wildman–Crippen LogP) is -21.3.